The fourth-order valence-corrected chi connectivity index (χ4v) is 7.39. The molecule has 2 heterocycles. The van der Waals surface area contributed by atoms with Gasteiger partial charge in [0, 0.05) is 18.0 Å². The van der Waals surface area contributed by atoms with E-state index < -0.39 is 35.8 Å². The first-order valence-electron chi connectivity index (χ1n) is 7.32. The van der Waals surface area contributed by atoms with Crippen molar-refractivity contribution in [2.45, 2.75) is 16.6 Å². The van der Waals surface area contributed by atoms with Gasteiger partial charge in [-0.1, -0.05) is 18.2 Å². The van der Waals surface area contributed by atoms with Gasteiger partial charge in [0.1, 0.15) is 10.7 Å². The lowest BCUT2D eigenvalue weighted by molar-refractivity contribution is 0.424. The Morgan fingerprint density at radius 2 is 1.88 bits per heavy atom. The highest BCUT2D eigenvalue weighted by Crippen LogP contribution is 2.33. The number of nitrogens with zero attached hydrogens (tertiary/aromatic N) is 1. The van der Waals surface area contributed by atoms with Gasteiger partial charge in [0.25, 0.3) is 0 Å². The highest BCUT2D eigenvalue weighted by molar-refractivity contribution is 7.92. The van der Waals surface area contributed by atoms with Crippen molar-refractivity contribution >= 4 is 31.2 Å². The summed E-state index contributed by atoms with van der Waals surface area (Å²) in [5.41, 5.74) is 0. The third kappa shape index (κ3) is 3.26. The lowest BCUT2D eigenvalue weighted by Gasteiger charge is -2.19. The molecule has 0 bridgehead atoms. The largest absolute Gasteiger partial charge is 0.246 e. The van der Waals surface area contributed by atoms with E-state index in [4.69, 9.17) is 0 Å². The van der Waals surface area contributed by atoms with Gasteiger partial charge in [0.15, 0.2) is 9.84 Å². The molecular weight excluding hydrogens is 373 g/mol. The molecule has 1 fully saturated rings. The van der Waals surface area contributed by atoms with Crippen LogP contribution in [0.4, 0.5) is 4.39 Å². The fraction of sp³-hybridized carbons (Fsp3) is 0.333. The molecule has 1 atom stereocenters. The zero-order valence-electron chi connectivity index (χ0n) is 12.6. The van der Waals surface area contributed by atoms with Crippen LogP contribution in [-0.4, -0.2) is 40.0 Å². The molecule has 3 rings (SSSR count). The van der Waals surface area contributed by atoms with Crippen molar-refractivity contribution in [2.24, 2.45) is 0 Å². The van der Waals surface area contributed by atoms with Gasteiger partial charge >= 0.3 is 0 Å². The Kier molecular flexibility index (Phi) is 4.78. The van der Waals surface area contributed by atoms with Gasteiger partial charge < -0.3 is 0 Å². The highest BCUT2D eigenvalue weighted by atomic mass is 32.2. The SMILES string of the molecule is O=S1(=O)CCN(S(=O)(=O)c2ccccc2F)CCC1c1cccs1. The summed E-state index contributed by atoms with van der Waals surface area (Å²) in [4.78, 5) is 0.289. The molecule has 1 aliphatic rings. The van der Waals surface area contributed by atoms with Crippen LogP contribution in [0.25, 0.3) is 0 Å². The summed E-state index contributed by atoms with van der Waals surface area (Å²) in [5, 5.41) is 1.09. The molecule has 0 saturated carbocycles. The zero-order chi connectivity index (χ0) is 17.4. The van der Waals surface area contributed by atoms with Gasteiger partial charge in [-0.05, 0) is 30.0 Å². The number of rotatable bonds is 3. The Hall–Kier alpha value is -1.29. The van der Waals surface area contributed by atoms with Crippen LogP contribution in [0.3, 0.4) is 0 Å². The van der Waals surface area contributed by atoms with E-state index in [0.29, 0.717) is 4.88 Å². The van der Waals surface area contributed by atoms with E-state index in [-0.39, 0.29) is 25.3 Å². The Labute approximate surface area is 144 Å². The van der Waals surface area contributed by atoms with Crippen LogP contribution in [0.5, 0.6) is 0 Å². The normalized spacial score (nSPS) is 22.1. The first-order valence-corrected chi connectivity index (χ1v) is 11.4. The first-order chi connectivity index (χ1) is 11.3. The van der Waals surface area contributed by atoms with Crippen LogP contribution in [0.15, 0.2) is 46.7 Å². The topological polar surface area (TPSA) is 71.5 Å². The number of thiophene rings is 1. The van der Waals surface area contributed by atoms with Crippen molar-refractivity contribution < 1.29 is 21.2 Å². The second kappa shape index (κ2) is 6.55. The molecule has 5 nitrogen and oxygen atoms in total. The molecule has 24 heavy (non-hydrogen) atoms. The molecule has 0 radical (unpaired) electrons. The molecule has 1 unspecified atom stereocenters. The van der Waals surface area contributed by atoms with Gasteiger partial charge in [-0.2, -0.15) is 4.31 Å². The van der Waals surface area contributed by atoms with Crippen LogP contribution in [-0.2, 0) is 19.9 Å². The van der Waals surface area contributed by atoms with Crippen molar-refractivity contribution in [1.29, 1.82) is 0 Å². The van der Waals surface area contributed by atoms with E-state index in [0.717, 1.165) is 10.4 Å². The average molecular weight is 389 g/mol. The van der Waals surface area contributed by atoms with Crippen LogP contribution in [0.1, 0.15) is 16.5 Å². The molecule has 1 aliphatic heterocycles. The molecule has 0 amide bonds. The predicted octanol–water partition coefficient (Wildman–Crippen LogP) is 2.44. The minimum atomic E-state index is -4.06. The lowest BCUT2D eigenvalue weighted by atomic mass is 10.2. The number of sulfone groups is 1. The van der Waals surface area contributed by atoms with E-state index in [1.54, 1.807) is 17.5 Å². The summed E-state index contributed by atoms with van der Waals surface area (Å²) in [6.45, 7) is -0.126. The number of hydrogen-bond donors (Lipinski definition) is 0. The van der Waals surface area contributed by atoms with Crippen LogP contribution in [0.2, 0.25) is 0 Å². The lowest BCUT2D eigenvalue weighted by Crippen LogP contribution is -2.34. The number of benzene rings is 1. The van der Waals surface area contributed by atoms with Gasteiger partial charge in [-0.25, -0.2) is 21.2 Å². The molecule has 1 saturated heterocycles. The first kappa shape index (κ1) is 17.5. The Bertz CT molecular complexity index is 923. The molecule has 1 aromatic heterocycles. The molecule has 1 aromatic carbocycles. The fourth-order valence-electron chi connectivity index (χ4n) is 2.75. The maximum atomic E-state index is 13.9. The van der Waals surface area contributed by atoms with E-state index in [1.165, 1.54) is 29.5 Å². The minimum absolute atomic E-state index is 0.0401. The average Bonchev–Trinajstić information content (AvgIpc) is 2.98. The van der Waals surface area contributed by atoms with E-state index >= 15 is 0 Å². The smallest absolute Gasteiger partial charge is 0.228 e. The van der Waals surface area contributed by atoms with E-state index in [9.17, 15) is 21.2 Å². The van der Waals surface area contributed by atoms with Gasteiger partial charge in [-0.3, -0.25) is 0 Å². The third-order valence-corrected chi connectivity index (χ3v) is 9.19. The van der Waals surface area contributed by atoms with Crippen molar-refractivity contribution in [2.75, 3.05) is 18.8 Å². The standard InChI is InChI=1S/C15H16FNO4S3/c16-12-4-1-2-6-14(12)24(20,21)17-8-7-15(13-5-3-10-22-13)23(18,19)11-9-17/h1-6,10,15H,7-9,11H2. The van der Waals surface area contributed by atoms with Gasteiger partial charge in [0.2, 0.25) is 10.0 Å². The van der Waals surface area contributed by atoms with Crippen molar-refractivity contribution in [3.8, 4) is 0 Å². The molecular formula is C15H16FNO4S3. The molecule has 2 aromatic rings. The van der Waals surface area contributed by atoms with Crippen LogP contribution >= 0.6 is 11.3 Å². The predicted molar refractivity (Wildman–Crippen MR) is 90.6 cm³/mol. The van der Waals surface area contributed by atoms with Gasteiger partial charge in [-0.15, -0.1) is 11.3 Å². The molecule has 0 spiro atoms. The molecule has 0 aliphatic carbocycles. The summed E-state index contributed by atoms with van der Waals surface area (Å²) < 4.78 is 65.2. The number of hydrogen-bond acceptors (Lipinski definition) is 5. The maximum absolute atomic E-state index is 13.9. The second-order valence-electron chi connectivity index (χ2n) is 5.49. The second-order valence-corrected chi connectivity index (χ2v) is 10.7. The third-order valence-electron chi connectivity index (χ3n) is 4.01. The highest BCUT2D eigenvalue weighted by Gasteiger charge is 2.36. The van der Waals surface area contributed by atoms with Crippen LogP contribution in [0, 0.1) is 5.82 Å². The maximum Gasteiger partial charge on any atom is 0.246 e. The summed E-state index contributed by atoms with van der Waals surface area (Å²) in [6, 6.07) is 8.64. The number of halogens is 1. The Morgan fingerprint density at radius 1 is 1.12 bits per heavy atom. The molecule has 9 heteroatoms. The van der Waals surface area contributed by atoms with Gasteiger partial charge in [0.05, 0.1) is 11.0 Å². The minimum Gasteiger partial charge on any atom is -0.228 e. The van der Waals surface area contributed by atoms with E-state index in [1.807, 2.05) is 0 Å². The summed E-state index contributed by atoms with van der Waals surface area (Å²) in [5.74, 6) is -1.11. The Balaban J connectivity index is 1.92. The van der Waals surface area contributed by atoms with Crippen molar-refractivity contribution in [1.82, 2.24) is 4.31 Å². The quantitative estimate of drug-likeness (QED) is 0.808. The molecule has 130 valence electrons. The summed E-state index contributed by atoms with van der Waals surface area (Å²) >= 11 is 1.34. The summed E-state index contributed by atoms with van der Waals surface area (Å²) in [6.07, 6.45) is 0.163. The Morgan fingerprint density at radius 3 is 2.54 bits per heavy atom. The monoisotopic (exact) mass is 389 g/mol. The molecule has 0 N–H and O–H groups in total. The summed E-state index contributed by atoms with van der Waals surface area (Å²) in [7, 11) is -7.52. The van der Waals surface area contributed by atoms with Crippen molar-refractivity contribution in [3.63, 3.8) is 0 Å². The van der Waals surface area contributed by atoms with E-state index in [2.05, 4.69) is 0 Å². The van der Waals surface area contributed by atoms with Crippen molar-refractivity contribution in [3.05, 3.63) is 52.5 Å². The number of sulfonamides is 1. The van der Waals surface area contributed by atoms with Crippen LogP contribution < -0.4 is 0 Å². The zero-order valence-corrected chi connectivity index (χ0v) is 15.1.